The molecule has 14 heavy (non-hydrogen) atoms. The van der Waals surface area contributed by atoms with Gasteiger partial charge in [-0.2, -0.15) is 4.39 Å². The fourth-order valence-corrected chi connectivity index (χ4v) is 1.32. The zero-order valence-corrected chi connectivity index (χ0v) is 9.05. The van der Waals surface area contributed by atoms with Gasteiger partial charge < -0.3 is 4.74 Å². The van der Waals surface area contributed by atoms with Crippen molar-refractivity contribution in [1.29, 1.82) is 0 Å². The fraction of sp³-hybridized carbons (Fsp3) is 0.100. The number of rotatable bonds is 2. The Morgan fingerprint density at radius 1 is 1.57 bits per heavy atom. The van der Waals surface area contributed by atoms with Crippen LogP contribution in [0, 0.1) is 0 Å². The molecule has 0 amide bonds. The molecule has 0 bridgehead atoms. The van der Waals surface area contributed by atoms with Crippen LogP contribution in [0.25, 0.3) is 6.08 Å². The molecule has 0 fully saturated rings. The molecule has 1 rings (SSSR count). The van der Waals surface area contributed by atoms with Gasteiger partial charge in [-0.3, -0.25) is 0 Å². The first kappa shape index (κ1) is 10.9. The maximum atomic E-state index is 13.0. The van der Waals surface area contributed by atoms with E-state index in [0.717, 1.165) is 17.7 Å². The molecule has 0 heterocycles. The van der Waals surface area contributed by atoms with Gasteiger partial charge in [-0.05, 0) is 23.8 Å². The SMILES string of the molecule is COC(=O)/C(F)=C/c1cccc(Br)c1. The van der Waals surface area contributed by atoms with E-state index in [1.54, 1.807) is 18.2 Å². The summed E-state index contributed by atoms with van der Waals surface area (Å²) in [5, 5.41) is 0. The molecule has 0 N–H and O–H groups in total. The van der Waals surface area contributed by atoms with Gasteiger partial charge in [-0.15, -0.1) is 0 Å². The van der Waals surface area contributed by atoms with Crippen LogP contribution in [0.3, 0.4) is 0 Å². The zero-order valence-electron chi connectivity index (χ0n) is 7.46. The third-order valence-electron chi connectivity index (χ3n) is 1.52. The Hall–Kier alpha value is -1.16. The first-order valence-corrected chi connectivity index (χ1v) is 4.64. The number of esters is 1. The summed E-state index contributed by atoms with van der Waals surface area (Å²) in [6.45, 7) is 0. The zero-order chi connectivity index (χ0) is 10.6. The quantitative estimate of drug-likeness (QED) is 0.603. The first-order chi connectivity index (χ1) is 6.63. The number of halogens is 2. The average Bonchev–Trinajstić information content (AvgIpc) is 2.16. The minimum Gasteiger partial charge on any atom is -0.464 e. The lowest BCUT2D eigenvalue weighted by molar-refractivity contribution is -0.137. The Morgan fingerprint density at radius 2 is 2.29 bits per heavy atom. The molecule has 0 unspecified atom stereocenters. The predicted octanol–water partition coefficient (Wildman–Crippen LogP) is 2.93. The van der Waals surface area contributed by atoms with Crippen LogP contribution in [0.1, 0.15) is 5.56 Å². The summed E-state index contributed by atoms with van der Waals surface area (Å²) in [5.41, 5.74) is 0.599. The number of hydrogen-bond acceptors (Lipinski definition) is 2. The largest absolute Gasteiger partial charge is 0.464 e. The summed E-state index contributed by atoms with van der Waals surface area (Å²) in [6.07, 6.45) is 1.12. The fourth-order valence-electron chi connectivity index (χ4n) is 0.899. The number of ether oxygens (including phenoxy) is 1. The number of benzene rings is 1. The highest BCUT2D eigenvalue weighted by molar-refractivity contribution is 9.10. The third kappa shape index (κ3) is 2.96. The molecule has 0 radical (unpaired) electrons. The predicted molar refractivity (Wildman–Crippen MR) is 55.2 cm³/mol. The van der Waals surface area contributed by atoms with Gasteiger partial charge in [0.15, 0.2) is 0 Å². The van der Waals surface area contributed by atoms with Crippen LogP contribution in [0.5, 0.6) is 0 Å². The van der Waals surface area contributed by atoms with E-state index in [9.17, 15) is 9.18 Å². The molecule has 1 aromatic carbocycles. The van der Waals surface area contributed by atoms with Crippen molar-refractivity contribution >= 4 is 28.0 Å². The number of carbonyl (C=O) groups excluding carboxylic acids is 1. The molecule has 0 spiro atoms. The summed E-state index contributed by atoms with van der Waals surface area (Å²) in [4.78, 5) is 10.7. The number of carbonyl (C=O) groups is 1. The van der Waals surface area contributed by atoms with E-state index in [0.29, 0.717) is 5.56 Å². The van der Waals surface area contributed by atoms with E-state index >= 15 is 0 Å². The maximum absolute atomic E-state index is 13.0. The molecule has 0 saturated carbocycles. The third-order valence-corrected chi connectivity index (χ3v) is 2.02. The molecule has 4 heteroatoms. The smallest absolute Gasteiger partial charge is 0.366 e. The lowest BCUT2D eigenvalue weighted by Crippen LogP contribution is -1.99. The van der Waals surface area contributed by atoms with Crippen molar-refractivity contribution in [3.63, 3.8) is 0 Å². The first-order valence-electron chi connectivity index (χ1n) is 3.84. The molecule has 1 aromatic rings. The van der Waals surface area contributed by atoms with Crippen LogP contribution in [0.15, 0.2) is 34.6 Å². The maximum Gasteiger partial charge on any atom is 0.366 e. The van der Waals surface area contributed by atoms with Crippen LogP contribution in [0.4, 0.5) is 4.39 Å². The summed E-state index contributed by atoms with van der Waals surface area (Å²) in [5.74, 6) is -1.88. The molecule has 2 nitrogen and oxygen atoms in total. The van der Waals surface area contributed by atoms with E-state index in [1.165, 1.54) is 0 Å². The van der Waals surface area contributed by atoms with Gasteiger partial charge in [0.25, 0.3) is 0 Å². The average molecular weight is 259 g/mol. The van der Waals surface area contributed by atoms with Crippen LogP contribution >= 0.6 is 15.9 Å². The molecule has 0 saturated heterocycles. The summed E-state index contributed by atoms with van der Waals surface area (Å²) in [6, 6.07) is 6.95. The highest BCUT2D eigenvalue weighted by Gasteiger charge is 2.07. The van der Waals surface area contributed by atoms with E-state index in [-0.39, 0.29) is 0 Å². The van der Waals surface area contributed by atoms with Crippen molar-refractivity contribution < 1.29 is 13.9 Å². The number of hydrogen-bond donors (Lipinski definition) is 0. The molecule has 0 atom stereocenters. The van der Waals surface area contributed by atoms with Crippen molar-refractivity contribution in [3.05, 3.63) is 40.1 Å². The topological polar surface area (TPSA) is 26.3 Å². The Labute approximate surface area is 89.5 Å². The van der Waals surface area contributed by atoms with Crippen molar-refractivity contribution in [1.82, 2.24) is 0 Å². The Kier molecular flexibility index (Phi) is 3.83. The van der Waals surface area contributed by atoms with Gasteiger partial charge in [0.2, 0.25) is 5.83 Å². The Morgan fingerprint density at radius 3 is 2.86 bits per heavy atom. The lowest BCUT2D eigenvalue weighted by atomic mass is 10.2. The minimum absolute atomic E-state index is 0.599. The van der Waals surface area contributed by atoms with Gasteiger partial charge in [0, 0.05) is 4.47 Å². The van der Waals surface area contributed by atoms with Gasteiger partial charge in [0.05, 0.1) is 7.11 Å². The van der Waals surface area contributed by atoms with Gasteiger partial charge in [-0.25, -0.2) is 4.79 Å². The second-order valence-electron chi connectivity index (χ2n) is 2.54. The minimum atomic E-state index is -0.968. The molecular weight excluding hydrogens is 251 g/mol. The van der Waals surface area contributed by atoms with Crippen LogP contribution < -0.4 is 0 Å². The van der Waals surface area contributed by atoms with Crippen molar-refractivity contribution in [2.75, 3.05) is 7.11 Å². The molecule has 74 valence electrons. The van der Waals surface area contributed by atoms with Crippen molar-refractivity contribution in [3.8, 4) is 0 Å². The highest BCUT2D eigenvalue weighted by Crippen LogP contribution is 2.15. The molecule has 0 aliphatic carbocycles. The summed E-state index contributed by atoms with van der Waals surface area (Å²) in [7, 11) is 1.14. The van der Waals surface area contributed by atoms with E-state index in [2.05, 4.69) is 20.7 Å². The molecule has 0 aliphatic rings. The molecule has 0 aromatic heterocycles. The van der Waals surface area contributed by atoms with Gasteiger partial charge in [-0.1, -0.05) is 28.1 Å². The van der Waals surface area contributed by atoms with Crippen LogP contribution in [-0.4, -0.2) is 13.1 Å². The lowest BCUT2D eigenvalue weighted by Gasteiger charge is -1.96. The Bertz CT molecular complexity index is 374. The summed E-state index contributed by atoms with van der Waals surface area (Å²) >= 11 is 3.24. The number of methoxy groups -OCH3 is 1. The van der Waals surface area contributed by atoms with E-state index in [1.807, 2.05) is 6.07 Å². The van der Waals surface area contributed by atoms with Crippen LogP contribution in [0.2, 0.25) is 0 Å². The molecule has 0 aliphatic heterocycles. The standard InChI is InChI=1S/C10H8BrFO2/c1-14-10(13)9(12)6-7-3-2-4-8(11)5-7/h2-6H,1H3/b9-6-. The van der Waals surface area contributed by atoms with Crippen molar-refractivity contribution in [2.24, 2.45) is 0 Å². The van der Waals surface area contributed by atoms with Gasteiger partial charge >= 0.3 is 5.97 Å². The molecular formula is C10H8BrFO2. The van der Waals surface area contributed by atoms with E-state index < -0.39 is 11.8 Å². The van der Waals surface area contributed by atoms with Crippen molar-refractivity contribution in [2.45, 2.75) is 0 Å². The normalized spacial score (nSPS) is 11.2. The second-order valence-corrected chi connectivity index (χ2v) is 3.45. The highest BCUT2D eigenvalue weighted by atomic mass is 79.9. The Balaban J connectivity index is 2.91. The second kappa shape index (κ2) is 4.91. The van der Waals surface area contributed by atoms with Gasteiger partial charge in [0.1, 0.15) is 0 Å². The summed E-state index contributed by atoms with van der Waals surface area (Å²) < 4.78 is 18.0. The van der Waals surface area contributed by atoms with Crippen LogP contribution in [-0.2, 0) is 9.53 Å². The van der Waals surface area contributed by atoms with E-state index in [4.69, 9.17) is 0 Å². The monoisotopic (exact) mass is 258 g/mol.